The second-order valence-electron chi connectivity index (χ2n) is 5.13. The highest BCUT2D eigenvalue weighted by Gasteiger charge is 2.29. The molecule has 1 amide bonds. The Morgan fingerprint density at radius 3 is 3.00 bits per heavy atom. The van der Waals surface area contributed by atoms with E-state index in [0.717, 1.165) is 32.2 Å². The zero-order chi connectivity index (χ0) is 12.1. The molecule has 1 unspecified atom stereocenters. The summed E-state index contributed by atoms with van der Waals surface area (Å²) in [6.45, 7) is 1.10. The summed E-state index contributed by atoms with van der Waals surface area (Å²) in [5, 5.41) is 8.74. The van der Waals surface area contributed by atoms with E-state index in [1.165, 1.54) is 25.0 Å². The molecule has 1 N–H and O–H groups in total. The zero-order valence-electron chi connectivity index (χ0n) is 10.5. The molecule has 3 nitrogen and oxygen atoms in total. The molecule has 1 aliphatic heterocycles. The molecule has 0 radical (unpaired) electrons. The number of unbranched alkanes of at least 4 members (excludes halogenated alkanes) is 1. The lowest BCUT2D eigenvalue weighted by molar-refractivity contribution is -0.130. The molecule has 2 aliphatic rings. The fourth-order valence-corrected chi connectivity index (χ4v) is 2.97. The summed E-state index contributed by atoms with van der Waals surface area (Å²) in [6.07, 6.45) is 10.5. The number of allylic oxidation sites excluding steroid dienone is 2. The summed E-state index contributed by atoms with van der Waals surface area (Å²) < 4.78 is 0. The van der Waals surface area contributed by atoms with E-state index in [-0.39, 0.29) is 12.5 Å². The van der Waals surface area contributed by atoms with E-state index < -0.39 is 0 Å². The van der Waals surface area contributed by atoms with Crippen molar-refractivity contribution in [2.24, 2.45) is 5.92 Å². The largest absolute Gasteiger partial charge is 0.396 e. The average molecular weight is 237 g/mol. The Morgan fingerprint density at radius 1 is 1.35 bits per heavy atom. The predicted molar refractivity (Wildman–Crippen MR) is 67.3 cm³/mol. The van der Waals surface area contributed by atoms with E-state index in [0.29, 0.717) is 12.3 Å². The molecule has 1 fully saturated rings. The number of aliphatic hydroxyl groups excluding tert-OH is 1. The summed E-state index contributed by atoms with van der Waals surface area (Å²) >= 11 is 0. The SMILES string of the molecule is O=C(CCCCO)N1CCCC2CCCC=C21. The highest BCUT2D eigenvalue weighted by atomic mass is 16.3. The summed E-state index contributed by atoms with van der Waals surface area (Å²) in [5.74, 6) is 0.899. The quantitative estimate of drug-likeness (QED) is 0.763. The standard InChI is InChI=1S/C14H23NO2/c16-11-4-3-9-14(17)15-10-5-7-12-6-1-2-8-13(12)15/h8,12,16H,1-7,9-11H2. The summed E-state index contributed by atoms with van der Waals surface area (Å²) in [6, 6.07) is 0. The minimum absolute atomic E-state index is 0.193. The van der Waals surface area contributed by atoms with E-state index in [1.54, 1.807) is 0 Å². The van der Waals surface area contributed by atoms with Crippen molar-refractivity contribution in [2.75, 3.05) is 13.2 Å². The van der Waals surface area contributed by atoms with Crippen LogP contribution in [-0.2, 0) is 4.79 Å². The van der Waals surface area contributed by atoms with Crippen molar-refractivity contribution >= 4 is 5.91 Å². The van der Waals surface area contributed by atoms with Crippen molar-refractivity contribution in [3.63, 3.8) is 0 Å². The number of amides is 1. The lowest BCUT2D eigenvalue weighted by Crippen LogP contribution is -2.38. The Morgan fingerprint density at radius 2 is 2.18 bits per heavy atom. The number of rotatable bonds is 4. The van der Waals surface area contributed by atoms with Gasteiger partial charge in [-0.1, -0.05) is 6.08 Å². The van der Waals surface area contributed by atoms with Gasteiger partial charge in [0.2, 0.25) is 5.91 Å². The first-order valence-electron chi connectivity index (χ1n) is 6.94. The van der Waals surface area contributed by atoms with Crippen LogP contribution in [0.5, 0.6) is 0 Å². The second kappa shape index (κ2) is 6.20. The molecule has 0 aromatic heterocycles. The van der Waals surface area contributed by atoms with E-state index in [4.69, 9.17) is 5.11 Å². The first kappa shape index (κ1) is 12.6. The highest BCUT2D eigenvalue weighted by Crippen LogP contribution is 2.35. The van der Waals surface area contributed by atoms with Gasteiger partial charge in [-0.25, -0.2) is 0 Å². The van der Waals surface area contributed by atoms with Gasteiger partial charge in [0.1, 0.15) is 0 Å². The Labute approximate surface area is 103 Å². The molecule has 1 aliphatic carbocycles. The number of carbonyl (C=O) groups excluding carboxylic acids is 1. The van der Waals surface area contributed by atoms with Crippen LogP contribution in [0.2, 0.25) is 0 Å². The fraction of sp³-hybridized carbons (Fsp3) is 0.786. The van der Waals surface area contributed by atoms with Crippen molar-refractivity contribution in [1.29, 1.82) is 0 Å². The minimum atomic E-state index is 0.193. The normalized spacial score (nSPS) is 24.2. The molecule has 1 saturated heterocycles. The van der Waals surface area contributed by atoms with Gasteiger partial charge in [-0.3, -0.25) is 4.79 Å². The first-order valence-corrected chi connectivity index (χ1v) is 6.94. The van der Waals surface area contributed by atoms with Gasteiger partial charge >= 0.3 is 0 Å². The van der Waals surface area contributed by atoms with Crippen molar-refractivity contribution in [2.45, 2.75) is 51.4 Å². The molecule has 0 aromatic carbocycles. The molecule has 3 heteroatoms. The zero-order valence-corrected chi connectivity index (χ0v) is 10.5. The van der Waals surface area contributed by atoms with Crippen LogP contribution < -0.4 is 0 Å². The molecular weight excluding hydrogens is 214 g/mol. The maximum absolute atomic E-state index is 12.1. The van der Waals surface area contributed by atoms with Crippen molar-refractivity contribution in [1.82, 2.24) is 4.90 Å². The smallest absolute Gasteiger partial charge is 0.226 e. The number of piperidine rings is 1. The Hall–Kier alpha value is -0.830. The van der Waals surface area contributed by atoms with Gasteiger partial charge in [0.05, 0.1) is 0 Å². The minimum Gasteiger partial charge on any atom is -0.396 e. The summed E-state index contributed by atoms with van der Waals surface area (Å²) in [5.41, 5.74) is 1.30. The van der Waals surface area contributed by atoms with Gasteiger partial charge in [-0.05, 0) is 50.9 Å². The monoisotopic (exact) mass is 237 g/mol. The third kappa shape index (κ3) is 3.09. The molecule has 0 spiro atoms. The third-order valence-corrected chi connectivity index (χ3v) is 3.87. The molecule has 96 valence electrons. The number of hydrogen-bond donors (Lipinski definition) is 1. The maximum Gasteiger partial charge on any atom is 0.226 e. The fourth-order valence-electron chi connectivity index (χ4n) is 2.97. The summed E-state index contributed by atoms with van der Waals surface area (Å²) in [7, 11) is 0. The third-order valence-electron chi connectivity index (χ3n) is 3.87. The Bertz CT molecular complexity index is 299. The van der Waals surface area contributed by atoms with Crippen LogP contribution >= 0.6 is 0 Å². The van der Waals surface area contributed by atoms with Gasteiger partial charge in [0.25, 0.3) is 0 Å². The molecule has 0 saturated carbocycles. The highest BCUT2D eigenvalue weighted by molar-refractivity contribution is 5.78. The van der Waals surface area contributed by atoms with Crippen LogP contribution in [-0.4, -0.2) is 29.1 Å². The number of fused-ring (bicyclic) bond motifs is 1. The Balaban J connectivity index is 1.94. The van der Waals surface area contributed by atoms with Gasteiger partial charge in [0.15, 0.2) is 0 Å². The molecular formula is C14H23NO2. The van der Waals surface area contributed by atoms with E-state index in [9.17, 15) is 4.79 Å². The average Bonchev–Trinajstić information content (AvgIpc) is 2.38. The summed E-state index contributed by atoms with van der Waals surface area (Å²) in [4.78, 5) is 14.1. The van der Waals surface area contributed by atoms with Gasteiger partial charge in [-0.15, -0.1) is 0 Å². The molecule has 1 heterocycles. The van der Waals surface area contributed by atoms with E-state index >= 15 is 0 Å². The lowest BCUT2D eigenvalue weighted by atomic mass is 9.85. The first-order chi connectivity index (χ1) is 8.33. The van der Waals surface area contributed by atoms with Crippen molar-refractivity contribution in [3.05, 3.63) is 11.8 Å². The van der Waals surface area contributed by atoms with Crippen LogP contribution in [0, 0.1) is 5.92 Å². The molecule has 2 rings (SSSR count). The van der Waals surface area contributed by atoms with E-state index in [1.807, 2.05) is 4.90 Å². The van der Waals surface area contributed by atoms with Gasteiger partial charge in [0, 0.05) is 25.3 Å². The van der Waals surface area contributed by atoms with Crippen molar-refractivity contribution in [3.8, 4) is 0 Å². The topological polar surface area (TPSA) is 40.5 Å². The number of likely N-dealkylation sites (tertiary alicyclic amines) is 1. The van der Waals surface area contributed by atoms with Gasteiger partial charge < -0.3 is 10.0 Å². The number of hydrogen-bond acceptors (Lipinski definition) is 2. The number of carbonyl (C=O) groups is 1. The number of aliphatic hydroxyl groups is 1. The maximum atomic E-state index is 12.1. The predicted octanol–water partition coefficient (Wildman–Crippen LogP) is 2.46. The molecule has 0 aromatic rings. The van der Waals surface area contributed by atoms with Gasteiger partial charge in [-0.2, -0.15) is 0 Å². The Kier molecular flexibility index (Phi) is 4.60. The van der Waals surface area contributed by atoms with Crippen LogP contribution in [0.25, 0.3) is 0 Å². The lowest BCUT2D eigenvalue weighted by Gasteiger charge is -2.38. The molecule has 0 bridgehead atoms. The van der Waals surface area contributed by atoms with Crippen LogP contribution in [0.4, 0.5) is 0 Å². The van der Waals surface area contributed by atoms with Crippen molar-refractivity contribution < 1.29 is 9.90 Å². The second-order valence-corrected chi connectivity index (χ2v) is 5.13. The van der Waals surface area contributed by atoms with Crippen LogP contribution in [0.15, 0.2) is 11.8 Å². The van der Waals surface area contributed by atoms with Crippen LogP contribution in [0.1, 0.15) is 51.4 Å². The molecule has 1 atom stereocenters. The van der Waals surface area contributed by atoms with Crippen LogP contribution in [0.3, 0.4) is 0 Å². The number of nitrogens with zero attached hydrogens (tertiary/aromatic N) is 1. The van der Waals surface area contributed by atoms with E-state index in [2.05, 4.69) is 6.08 Å². The molecule has 17 heavy (non-hydrogen) atoms.